The molecule has 2 fully saturated rings. The van der Waals surface area contributed by atoms with Crippen LogP contribution in [-0.4, -0.2) is 110 Å². The first-order valence-electron chi connectivity index (χ1n) is 10.7. The van der Waals surface area contributed by atoms with E-state index in [2.05, 4.69) is 19.9 Å². The van der Waals surface area contributed by atoms with Crippen molar-refractivity contribution < 1.29 is 40.1 Å². The third-order valence-corrected chi connectivity index (χ3v) is 5.82. The van der Waals surface area contributed by atoms with Gasteiger partial charge in [0.1, 0.15) is 54.3 Å². The van der Waals surface area contributed by atoms with E-state index in [4.69, 9.17) is 31.2 Å². The first kappa shape index (κ1) is 25.8. The van der Waals surface area contributed by atoms with E-state index in [9.17, 15) is 25.2 Å². The molecule has 36 heavy (non-hydrogen) atoms. The van der Waals surface area contributed by atoms with Gasteiger partial charge in [-0.2, -0.15) is 4.98 Å². The smallest absolute Gasteiger partial charge is 0.351 e. The number of aromatic nitrogens is 6. The van der Waals surface area contributed by atoms with E-state index in [0.29, 0.717) is 11.2 Å². The van der Waals surface area contributed by atoms with Crippen LogP contribution in [0.5, 0.6) is 0 Å². The Kier molecular flexibility index (Phi) is 7.43. The molecular weight excluding hydrogens is 484 g/mol. The lowest BCUT2D eigenvalue weighted by Gasteiger charge is -2.16. The summed E-state index contributed by atoms with van der Waals surface area (Å²) in [6, 6.07) is 1.37. The van der Waals surface area contributed by atoms with Crippen LogP contribution in [0.2, 0.25) is 0 Å². The van der Waals surface area contributed by atoms with Crippen LogP contribution < -0.4 is 17.2 Å². The standard InChI is InChI=1S/C10H13N5O4.C9H13N3O5/c11-8-5-9(13-2-12-8)15(3-14-5)10-7(18)6(17)4(1-16)19-10;10-5-1-2-12(9(16)11-5)8-7(15)6(14)4(3-13)17-8/h2-4,6-7,10,16-18H,1H2,(H2,11,12,13);1-2,4,6-8,13-15H,3H2,(H2,10,11,16)/t4-,6-,7-,10-;4-,6-,7-,8-/m11/s1. The van der Waals surface area contributed by atoms with Crippen molar-refractivity contribution in [2.75, 3.05) is 24.7 Å². The van der Waals surface area contributed by atoms with Crippen molar-refractivity contribution in [2.45, 2.75) is 49.1 Å². The SMILES string of the molecule is Nc1ccn([C@@H]2O[C@H](CO)[C@@H](O)[C@H]2O)c(=O)n1.Nc1ncnc2c1ncn2[C@@H]1O[C@H](CO)[C@@H](O)[C@H]1O. The van der Waals surface area contributed by atoms with E-state index < -0.39 is 68.0 Å². The van der Waals surface area contributed by atoms with Crippen molar-refractivity contribution in [1.29, 1.82) is 0 Å². The third kappa shape index (κ3) is 4.61. The molecule has 0 saturated carbocycles. The van der Waals surface area contributed by atoms with E-state index in [1.165, 1.54) is 29.5 Å². The maximum atomic E-state index is 11.5. The monoisotopic (exact) mass is 510 g/mol. The van der Waals surface area contributed by atoms with Crippen LogP contribution in [0.4, 0.5) is 11.6 Å². The van der Waals surface area contributed by atoms with Gasteiger partial charge in [0.2, 0.25) is 0 Å². The van der Waals surface area contributed by atoms with Gasteiger partial charge in [-0.25, -0.2) is 19.7 Å². The highest BCUT2D eigenvalue weighted by molar-refractivity contribution is 5.81. The fourth-order valence-electron chi connectivity index (χ4n) is 3.90. The molecule has 196 valence electrons. The van der Waals surface area contributed by atoms with Gasteiger partial charge >= 0.3 is 5.69 Å². The normalized spacial score (nSPS) is 31.9. The molecule has 3 aromatic rings. The molecule has 0 aromatic carbocycles. The molecule has 3 aromatic heterocycles. The van der Waals surface area contributed by atoms with Crippen molar-refractivity contribution in [2.24, 2.45) is 0 Å². The zero-order chi connectivity index (χ0) is 26.1. The van der Waals surface area contributed by atoms with Crippen LogP contribution in [0.25, 0.3) is 11.2 Å². The van der Waals surface area contributed by atoms with Gasteiger partial charge < -0.3 is 51.6 Å². The molecule has 2 aliphatic rings. The summed E-state index contributed by atoms with van der Waals surface area (Å²) in [6.07, 6.45) is -4.69. The zero-order valence-electron chi connectivity index (χ0n) is 18.6. The Bertz CT molecular complexity index is 1260. The summed E-state index contributed by atoms with van der Waals surface area (Å²) >= 11 is 0. The maximum Gasteiger partial charge on any atom is 0.351 e. The molecule has 17 nitrogen and oxygen atoms in total. The van der Waals surface area contributed by atoms with Gasteiger partial charge in [-0.05, 0) is 6.07 Å². The predicted octanol–water partition coefficient (Wildman–Crippen LogP) is -4.54. The zero-order valence-corrected chi connectivity index (χ0v) is 18.6. The molecule has 0 spiro atoms. The minimum absolute atomic E-state index is 0.0537. The third-order valence-electron chi connectivity index (χ3n) is 5.82. The lowest BCUT2D eigenvalue weighted by molar-refractivity contribution is -0.0549. The number of aliphatic hydroxyl groups is 6. The molecule has 0 bridgehead atoms. The van der Waals surface area contributed by atoms with Crippen LogP contribution in [-0.2, 0) is 9.47 Å². The number of nitrogens with zero attached hydrogens (tertiary/aromatic N) is 6. The van der Waals surface area contributed by atoms with Crippen LogP contribution in [0.1, 0.15) is 12.5 Å². The largest absolute Gasteiger partial charge is 0.394 e. The van der Waals surface area contributed by atoms with Crippen molar-refractivity contribution in [3.05, 3.63) is 35.4 Å². The fourth-order valence-corrected chi connectivity index (χ4v) is 3.90. The van der Waals surface area contributed by atoms with Gasteiger partial charge in [-0.1, -0.05) is 0 Å². The van der Waals surface area contributed by atoms with E-state index in [-0.39, 0.29) is 11.6 Å². The van der Waals surface area contributed by atoms with Gasteiger partial charge in [0, 0.05) is 6.20 Å². The second kappa shape index (κ2) is 10.4. The summed E-state index contributed by atoms with van der Waals surface area (Å²) in [6.45, 7) is -0.843. The average Bonchev–Trinajstić information content (AvgIpc) is 3.50. The number of nitrogen functional groups attached to an aromatic ring is 2. The topological polar surface area (TPSA) is 270 Å². The molecule has 0 unspecified atom stereocenters. The van der Waals surface area contributed by atoms with Crippen LogP contribution in [0.15, 0.2) is 29.7 Å². The Labute approximate surface area is 201 Å². The van der Waals surface area contributed by atoms with Crippen LogP contribution >= 0.6 is 0 Å². The van der Waals surface area contributed by atoms with Crippen molar-refractivity contribution in [1.82, 2.24) is 29.1 Å². The summed E-state index contributed by atoms with van der Waals surface area (Å²) in [4.78, 5) is 26.9. The Balaban J connectivity index is 0.000000170. The Morgan fingerprint density at radius 3 is 1.97 bits per heavy atom. The van der Waals surface area contributed by atoms with E-state index >= 15 is 0 Å². The lowest BCUT2D eigenvalue weighted by Crippen LogP contribution is -2.36. The highest BCUT2D eigenvalue weighted by Gasteiger charge is 2.44. The number of imidazole rings is 1. The van der Waals surface area contributed by atoms with E-state index in [0.717, 1.165) is 4.57 Å². The highest BCUT2D eigenvalue weighted by atomic mass is 16.6. The summed E-state index contributed by atoms with van der Waals surface area (Å²) in [5, 5.41) is 56.9. The molecule has 5 heterocycles. The average molecular weight is 510 g/mol. The Morgan fingerprint density at radius 1 is 0.861 bits per heavy atom. The van der Waals surface area contributed by atoms with Crippen molar-refractivity contribution in [3.8, 4) is 0 Å². The van der Waals surface area contributed by atoms with Gasteiger partial charge in [0.25, 0.3) is 0 Å². The number of anilines is 2. The molecule has 0 radical (unpaired) electrons. The van der Waals surface area contributed by atoms with Crippen LogP contribution in [0, 0.1) is 0 Å². The molecule has 0 amide bonds. The Hall–Kier alpha value is -3.29. The fraction of sp³-hybridized carbons (Fsp3) is 0.526. The predicted molar refractivity (Wildman–Crippen MR) is 119 cm³/mol. The van der Waals surface area contributed by atoms with Crippen LogP contribution in [0.3, 0.4) is 0 Å². The first-order chi connectivity index (χ1) is 17.2. The Morgan fingerprint density at radius 2 is 1.44 bits per heavy atom. The van der Waals surface area contributed by atoms with Gasteiger partial charge in [0.15, 0.2) is 23.9 Å². The maximum absolute atomic E-state index is 11.5. The minimum atomic E-state index is -1.31. The molecular formula is C19H26N8O9. The number of rotatable bonds is 4. The van der Waals surface area contributed by atoms with Gasteiger partial charge in [0.05, 0.1) is 19.5 Å². The first-order valence-corrected chi connectivity index (χ1v) is 10.7. The molecule has 5 rings (SSSR count). The molecule has 8 atom stereocenters. The molecule has 10 N–H and O–H groups in total. The number of aliphatic hydroxyl groups excluding tert-OH is 6. The minimum Gasteiger partial charge on any atom is -0.394 e. The quantitative estimate of drug-likeness (QED) is 0.164. The highest BCUT2D eigenvalue weighted by Crippen LogP contribution is 2.31. The van der Waals surface area contributed by atoms with Gasteiger partial charge in [-0.15, -0.1) is 0 Å². The summed E-state index contributed by atoms with van der Waals surface area (Å²) < 4.78 is 13.0. The number of ether oxygens (including phenoxy) is 2. The number of hydrogen-bond donors (Lipinski definition) is 8. The molecule has 17 heteroatoms. The van der Waals surface area contributed by atoms with E-state index in [1.54, 1.807) is 0 Å². The second-order valence-electron chi connectivity index (χ2n) is 8.08. The summed E-state index contributed by atoms with van der Waals surface area (Å²) in [7, 11) is 0. The van der Waals surface area contributed by atoms with Crippen molar-refractivity contribution >= 4 is 22.8 Å². The summed E-state index contributed by atoms with van der Waals surface area (Å²) in [5.74, 6) is 0.272. The number of hydrogen-bond acceptors (Lipinski definition) is 15. The van der Waals surface area contributed by atoms with Crippen molar-refractivity contribution in [3.63, 3.8) is 0 Å². The second-order valence-corrected chi connectivity index (χ2v) is 8.08. The number of nitrogens with two attached hydrogens (primary N) is 2. The molecule has 2 saturated heterocycles. The molecule has 0 aliphatic carbocycles. The molecule has 2 aliphatic heterocycles. The van der Waals surface area contributed by atoms with E-state index in [1.807, 2.05) is 0 Å². The lowest BCUT2D eigenvalue weighted by atomic mass is 10.1. The van der Waals surface area contributed by atoms with Gasteiger partial charge in [-0.3, -0.25) is 9.13 Å². The number of fused-ring (bicyclic) bond motifs is 1. The summed E-state index contributed by atoms with van der Waals surface area (Å²) in [5.41, 5.74) is 11.1.